The number of nitrogens with zero attached hydrogens (tertiary/aromatic N) is 2. The molecule has 0 aliphatic carbocycles. The molecule has 2 saturated heterocycles. The monoisotopic (exact) mass is 297 g/mol. The first-order chi connectivity index (χ1) is 10.2. The minimum absolute atomic E-state index is 0.0173. The Balaban J connectivity index is 1.65. The molecule has 0 aromatic heterocycles. The molecule has 3 amide bonds. The molecule has 0 atom stereocenters. The van der Waals surface area contributed by atoms with Crippen molar-refractivity contribution >= 4 is 11.9 Å². The summed E-state index contributed by atoms with van der Waals surface area (Å²) in [7, 11) is 1.62. The molecule has 6 heteroatoms. The van der Waals surface area contributed by atoms with E-state index in [9.17, 15) is 9.59 Å². The molecule has 0 bridgehead atoms. The van der Waals surface area contributed by atoms with E-state index in [1.807, 2.05) is 9.80 Å². The van der Waals surface area contributed by atoms with Crippen molar-refractivity contribution in [3.63, 3.8) is 0 Å². The van der Waals surface area contributed by atoms with Gasteiger partial charge < -0.3 is 19.9 Å². The van der Waals surface area contributed by atoms with E-state index >= 15 is 0 Å². The summed E-state index contributed by atoms with van der Waals surface area (Å²) < 4.78 is 4.91. The Morgan fingerprint density at radius 1 is 1.10 bits per heavy atom. The predicted octanol–water partition coefficient (Wildman–Crippen LogP) is 1.07. The Labute approximate surface area is 126 Å². The molecule has 120 valence electrons. The molecule has 0 aromatic rings. The van der Waals surface area contributed by atoms with E-state index in [4.69, 9.17) is 4.74 Å². The molecule has 0 saturated carbocycles. The van der Waals surface area contributed by atoms with Crippen molar-refractivity contribution in [1.29, 1.82) is 0 Å². The van der Waals surface area contributed by atoms with Gasteiger partial charge in [0.2, 0.25) is 5.91 Å². The zero-order valence-electron chi connectivity index (χ0n) is 13.0. The van der Waals surface area contributed by atoms with Crippen LogP contribution in [-0.2, 0) is 9.53 Å². The summed E-state index contributed by atoms with van der Waals surface area (Å²) in [6, 6.07) is -0.0173. The van der Waals surface area contributed by atoms with Crippen LogP contribution < -0.4 is 5.32 Å². The van der Waals surface area contributed by atoms with Gasteiger partial charge in [-0.15, -0.1) is 0 Å². The van der Waals surface area contributed by atoms with E-state index in [1.165, 1.54) is 0 Å². The zero-order valence-corrected chi connectivity index (χ0v) is 13.0. The third-order valence-electron chi connectivity index (χ3n) is 4.41. The lowest BCUT2D eigenvalue weighted by molar-refractivity contribution is -0.131. The molecule has 2 fully saturated rings. The fourth-order valence-corrected chi connectivity index (χ4v) is 3.05. The van der Waals surface area contributed by atoms with Crippen molar-refractivity contribution in [1.82, 2.24) is 15.1 Å². The number of piperidine rings is 1. The third-order valence-corrected chi connectivity index (χ3v) is 4.41. The second kappa shape index (κ2) is 8.22. The quantitative estimate of drug-likeness (QED) is 0.772. The largest absolute Gasteiger partial charge is 0.383 e. The van der Waals surface area contributed by atoms with Gasteiger partial charge in [-0.1, -0.05) is 0 Å². The van der Waals surface area contributed by atoms with Crippen molar-refractivity contribution in [3.05, 3.63) is 0 Å². The third kappa shape index (κ3) is 4.88. The van der Waals surface area contributed by atoms with E-state index in [1.54, 1.807) is 7.11 Å². The van der Waals surface area contributed by atoms with Gasteiger partial charge in [-0.2, -0.15) is 0 Å². The molecule has 0 unspecified atom stereocenters. The Morgan fingerprint density at radius 2 is 1.76 bits per heavy atom. The van der Waals surface area contributed by atoms with Gasteiger partial charge in [0.25, 0.3) is 0 Å². The maximum atomic E-state index is 12.1. The van der Waals surface area contributed by atoms with Crippen LogP contribution in [0, 0.1) is 5.92 Å². The number of likely N-dealkylation sites (tertiary alicyclic amines) is 2. The van der Waals surface area contributed by atoms with Gasteiger partial charge in [-0.05, 0) is 31.6 Å². The highest BCUT2D eigenvalue weighted by Crippen LogP contribution is 2.22. The van der Waals surface area contributed by atoms with Crippen molar-refractivity contribution in [2.45, 2.75) is 32.1 Å². The maximum Gasteiger partial charge on any atom is 0.317 e. The number of methoxy groups -OCH3 is 1. The van der Waals surface area contributed by atoms with Gasteiger partial charge in [0.15, 0.2) is 0 Å². The molecule has 2 rings (SSSR count). The van der Waals surface area contributed by atoms with Gasteiger partial charge in [-0.25, -0.2) is 4.79 Å². The van der Waals surface area contributed by atoms with Gasteiger partial charge in [-0.3, -0.25) is 4.79 Å². The number of urea groups is 1. The first-order valence-corrected chi connectivity index (χ1v) is 8.00. The molecule has 0 radical (unpaired) electrons. The number of nitrogens with one attached hydrogen (secondary N) is 1. The molecule has 6 nitrogen and oxygen atoms in total. The van der Waals surface area contributed by atoms with Crippen molar-refractivity contribution in [2.75, 3.05) is 46.4 Å². The molecule has 0 aromatic carbocycles. The summed E-state index contributed by atoms with van der Waals surface area (Å²) in [4.78, 5) is 27.8. The fourth-order valence-electron chi connectivity index (χ4n) is 3.05. The Hall–Kier alpha value is -1.30. The molecule has 1 N–H and O–H groups in total. The summed E-state index contributed by atoms with van der Waals surface area (Å²) in [6.45, 7) is 4.43. The summed E-state index contributed by atoms with van der Waals surface area (Å²) >= 11 is 0. The predicted molar refractivity (Wildman–Crippen MR) is 80.0 cm³/mol. The van der Waals surface area contributed by atoms with Gasteiger partial charge in [0.05, 0.1) is 6.61 Å². The highest BCUT2D eigenvalue weighted by atomic mass is 16.5. The zero-order chi connectivity index (χ0) is 15.1. The van der Waals surface area contributed by atoms with Crippen LogP contribution in [-0.4, -0.2) is 68.2 Å². The van der Waals surface area contributed by atoms with Crippen molar-refractivity contribution < 1.29 is 14.3 Å². The Kier molecular flexibility index (Phi) is 6.29. The van der Waals surface area contributed by atoms with E-state index in [-0.39, 0.29) is 6.03 Å². The van der Waals surface area contributed by atoms with E-state index in [2.05, 4.69) is 5.32 Å². The summed E-state index contributed by atoms with van der Waals surface area (Å²) in [6.07, 6.45) is 4.80. The highest BCUT2D eigenvalue weighted by molar-refractivity contribution is 5.77. The topological polar surface area (TPSA) is 61.9 Å². The van der Waals surface area contributed by atoms with Gasteiger partial charge >= 0.3 is 6.03 Å². The molecule has 2 aliphatic rings. The summed E-state index contributed by atoms with van der Waals surface area (Å²) in [5.74, 6) is 0.733. The highest BCUT2D eigenvalue weighted by Gasteiger charge is 2.26. The lowest BCUT2D eigenvalue weighted by Crippen LogP contribution is -2.45. The normalized spacial score (nSPS) is 19.9. The maximum absolute atomic E-state index is 12.1. The van der Waals surface area contributed by atoms with Crippen LogP contribution in [0.4, 0.5) is 4.79 Å². The SMILES string of the molecule is COCCNC(=O)N1CCC(CC(=O)N2CCCC2)CC1. The Morgan fingerprint density at radius 3 is 2.38 bits per heavy atom. The van der Waals surface area contributed by atoms with Crippen LogP contribution >= 0.6 is 0 Å². The molecule has 0 spiro atoms. The average molecular weight is 297 g/mol. The van der Waals surface area contributed by atoms with Crippen LogP contribution in [0.3, 0.4) is 0 Å². The van der Waals surface area contributed by atoms with Crippen LogP contribution in [0.5, 0.6) is 0 Å². The van der Waals surface area contributed by atoms with Crippen LogP contribution in [0.2, 0.25) is 0 Å². The molecule has 21 heavy (non-hydrogen) atoms. The number of carbonyl (C=O) groups excluding carboxylic acids is 2. The lowest BCUT2D eigenvalue weighted by Gasteiger charge is -2.32. The van der Waals surface area contributed by atoms with E-state index < -0.39 is 0 Å². The molecule has 2 heterocycles. The number of rotatable bonds is 5. The van der Waals surface area contributed by atoms with Gasteiger partial charge in [0, 0.05) is 46.3 Å². The standard InChI is InChI=1S/C15H27N3O3/c1-21-11-6-16-15(20)18-9-4-13(5-10-18)12-14(19)17-7-2-3-8-17/h13H,2-12H2,1H3,(H,16,20). The minimum atomic E-state index is -0.0173. The second-order valence-electron chi connectivity index (χ2n) is 5.95. The van der Waals surface area contributed by atoms with Crippen molar-refractivity contribution in [2.24, 2.45) is 5.92 Å². The minimum Gasteiger partial charge on any atom is -0.383 e. The first-order valence-electron chi connectivity index (χ1n) is 8.00. The molecular weight excluding hydrogens is 270 g/mol. The molecular formula is C15H27N3O3. The van der Waals surface area contributed by atoms with E-state index in [0.717, 1.165) is 51.9 Å². The van der Waals surface area contributed by atoms with E-state index in [0.29, 0.717) is 31.4 Å². The number of amides is 3. The number of ether oxygens (including phenoxy) is 1. The first kappa shape index (κ1) is 16.1. The number of hydrogen-bond donors (Lipinski definition) is 1. The second-order valence-corrected chi connectivity index (χ2v) is 5.95. The fraction of sp³-hybridized carbons (Fsp3) is 0.867. The summed E-state index contributed by atoms with van der Waals surface area (Å²) in [5, 5.41) is 2.84. The Bertz CT molecular complexity index is 348. The van der Waals surface area contributed by atoms with Crippen LogP contribution in [0.15, 0.2) is 0 Å². The summed E-state index contributed by atoms with van der Waals surface area (Å²) in [5.41, 5.74) is 0. The van der Waals surface area contributed by atoms with Crippen molar-refractivity contribution in [3.8, 4) is 0 Å². The molecule has 2 aliphatic heterocycles. The smallest absolute Gasteiger partial charge is 0.317 e. The lowest BCUT2D eigenvalue weighted by atomic mass is 9.93. The van der Waals surface area contributed by atoms with Crippen LogP contribution in [0.1, 0.15) is 32.1 Å². The number of carbonyl (C=O) groups is 2. The van der Waals surface area contributed by atoms with Gasteiger partial charge in [0.1, 0.15) is 0 Å². The number of hydrogen-bond acceptors (Lipinski definition) is 3. The average Bonchev–Trinajstić information content (AvgIpc) is 3.02. The van der Waals surface area contributed by atoms with Crippen LogP contribution in [0.25, 0.3) is 0 Å².